The zero-order valence-corrected chi connectivity index (χ0v) is 13.7. The van der Waals surface area contributed by atoms with E-state index in [0.717, 1.165) is 32.1 Å². The van der Waals surface area contributed by atoms with E-state index < -0.39 is 5.60 Å². The molecule has 0 bridgehead atoms. The zero-order valence-electron chi connectivity index (χ0n) is 13.7. The maximum Gasteiger partial charge on any atom is 0.133 e. The molecule has 0 aromatic carbocycles. The van der Waals surface area contributed by atoms with E-state index in [9.17, 15) is 9.90 Å². The predicted octanol–water partition coefficient (Wildman–Crippen LogP) is 4.10. The highest BCUT2D eigenvalue weighted by atomic mass is 16.3. The third-order valence-corrected chi connectivity index (χ3v) is 8.46. The topological polar surface area (TPSA) is 37.3 Å². The van der Waals surface area contributed by atoms with Gasteiger partial charge in [-0.15, -0.1) is 0 Å². The van der Waals surface area contributed by atoms with Crippen molar-refractivity contribution in [2.45, 2.75) is 83.7 Å². The summed E-state index contributed by atoms with van der Waals surface area (Å²) in [6, 6.07) is 0. The van der Waals surface area contributed by atoms with E-state index in [1.54, 1.807) is 0 Å². The molecule has 0 aromatic rings. The van der Waals surface area contributed by atoms with Crippen LogP contribution in [0.4, 0.5) is 0 Å². The Kier molecular flexibility index (Phi) is 2.94. The smallest absolute Gasteiger partial charge is 0.133 e. The van der Waals surface area contributed by atoms with Crippen molar-refractivity contribution in [2.75, 3.05) is 0 Å². The fourth-order valence-corrected chi connectivity index (χ4v) is 7.00. The molecular formula is C19H30O2. The number of hydrogen-bond donors (Lipinski definition) is 1. The number of ketones is 1. The van der Waals surface area contributed by atoms with Gasteiger partial charge in [-0.2, -0.15) is 0 Å². The van der Waals surface area contributed by atoms with E-state index >= 15 is 0 Å². The summed E-state index contributed by atoms with van der Waals surface area (Å²) in [5, 5.41) is 11.6. The zero-order chi connectivity index (χ0) is 14.9. The van der Waals surface area contributed by atoms with Gasteiger partial charge in [0.2, 0.25) is 0 Å². The SMILES string of the molecule is C[C@]12CCC(=O)C[C@@H]1CC[C@@H]1[C@@H]2CC[C@]2(C)CCC[C@@]12O. The van der Waals surface area contributed by atoms with Crippen LogP contribution in [0.1, 0.15) is 78.1 Å². The highest BCUT2D eigenvalue weighted by molar-refractivity contribution is 5.79. The fourth-order valence-electron chi connectivity index (χ4n) is 7.00. The first-order valence-corrected chi connectivity index (χ1v) is 9.13. The third-order valence-electron chi connectivity index (χ3n) is 8.46. The molecule has 2 nitrogen and oxygen atoms in total. The Hall–Kier alpha value is -0.370. The van der Waals surface area contributed by atoms with Crippen molar-refractivity contribution in [1.29, 1.82) is 0 Å². The minimum atomic E-state index is -0.411. The van der Waals surface area contributed by atoms with Crippen LogP contribution < -0.4 is 0 Å². The van der Waals surface area contributed by atoms with Crippen molar-refractivity contribution in [1.82, 2.24) is 0 Å². The lowest BCUT2D eigenvalue weighted by Gasteiger charge is -2.62. The van der Waals surface area contributed by atoms with Crippen LogP contribution >= 0.6 is 0 Å². The maximum atomic E-state index is 11.9. The van der Waals surface area contributed by atoms with Gasteiger partial charge in [0, 0.05) is 12.8 Å². The highest BCUT2D eigenvalue weighted by Crippen LogP contribution is 2.67. The Morgan fingerprint density at radius 2 is 1.81 bits per heavy atom. The Balaban J connectivity index is 1.69. The first kappa shape index (κ1) is 14.2. The number of hydrogen-bond acceptors (Lipinski definition) is 2. The van der Waals surface area contributed by atoms with Gasteiger partial charge in [-0.1, -0.05) is 13.8 Å². The predicted molar refractivity (Wildman–Crippen MR) is 82.8 cm³/mol. The fraction of sp³-hybridized carbons (Fsp3) is 0.947. The van der Waals surface area contributed by atoms with E-state index in [0.29, 0.717) is 29.0 Å². The molecule has 0 heterocycles. The largest absolute Gasteiger partial charge is 0.389 e. The second-order valence-corrected chi connectivity index (χ2v) is 9.11. The molecule has 4 saturated carbocycles. The van der Waals surface area contributed by atoms with Crippen LogP contribution in [-0.2, 0) is 4.79 Å². The van der Waals surface area contributed by atoms with Gasteiger partial charge in [0.05, 0.1) is 5.60 Å². The van der Waals surface area contributed by atoms with Gasteiger partial charge < -0.3 is 5.11 Å². The lowest BCUT2D eigenvalue weighted by molar-refractivity contribution is -0.197. The summed E-state index contributed by atoms with van der Waals surface area (Å²) < 4.78 is 0. The molecule has 4 fully saturated rings. The Bertz CT molecular complexity index is 472. The monoisotopic (exact) mass is 290 g/mol. The molecule has 2 heteroatoms. The van der Waals surface area contributed by atoms with Gasteiger partial charge in [-0.05, 0) is 80.0 Å². The van der Waals surface area contributed by atoms with E-state index in [1.165, 1.54) is 32.1 Å². The van der Waals surface area contributed by atoms with Crippen LogP contribution in [0.3, 0.4) is 0 Å². The first-order chi connectivity index (χ1) is 9.89. The lowest BCUT2D eigenvalue weighted by Crippen LogP contribution is -2.61. The minimum Gasteiger partial charge on any atom is -0.389 e. The summed E-state index contributed by atoms with van der Waals surface area (Å²) in [7, 11) is 0. The minimum absolute atomic E-state index is 0.169. The molecule has 4 rings (SSSR count). The van der Waals surface area contributed by atoms with Crippen molar-refractivity contribution < 1.29 is 9.90 Å². The summed E-state index contributed by atoms with van der Waals surface area (Å²) >= 11 is 0. The van der Waals surface area contributed by atoms with Gasteiger partial charge in [-0.25, -0.2) is 0 Å². The summed E-state index contributed by atoms with van der Waals surface area (Å²) in [5.74, 6) is 2.22. The van der Waals surface area contributed by atoms with Crippen molar-refractivity contribution in [3.8, 4) is 0 Å². The molecule has 118 valence electrons. The molecular weight excluding hydrogens is 260 g/mol. The molecule has 6 atom stereocenters. The molecule has 4 aliphatic carbocycles. The second-order valence-electron chi connectivity index (χ2n) is 9.11. The summed E-state index contributed by atoms with van der Waals surface area (Å²) in [4.78, 5) is 11.9. The van der Waals surface area contributed by atoms with Crippen LogP contribution in [0, 0.1) is 28.6 Å². The molecule has 0 unspecified atom stereocenters. The lowest BCUT2D eigenvalue weighted by atomic mass is 9.44. The van der Waals surface area contributed by atoms with Crippen LogP contribution in [-0.4, -0.2) is 16.5 Å². The van der Waals surface area contributed by atoms with Crippen molar-refractivity contribution in [3.05, 3.63) is 0 Å². The number of carbonyl (C=O) groups excluding carboxylic acids is 1. The van der Waals surface area contributed by atoms with Gasteiger partial charge in [0.15, 0.2) is 0 Å². The molecule has 0 aromatic heterocycles. The maximum absolute atomic E-state index is 11.9. The Morgan fingerprint density at radius 3 is 2.62 bits per heavy atom. The Morgan fingerprint density at radius 1 is 1.00 bits per heavy atom. The summed E-state index contributed by atoms with van der Waals surface area (Å²) in [6.45, 7) is 4.79. The molecule has 0 aliphatic heterocycles. The average Bonchev–Trinajstić information content (AvgIpc) is 2.75. The number of fused-ring (bicyclic) bond motifs is 5. The average molecular weight is 290 g/mol. The van der Waals surface area contributed by atoms with Crippen LogP contribution in [0.2, 0.25) is 0 Å². The number of rotatable bonds is 0. The van der Waals surface area contributed by atoms with Crippen molar-refractivity contribution in [2.24, 2.45) is 28.6 Å². The van der Waals surface area contributed by atoms with Gasteiger partial charge >= 0.3 is 0 Å². The second kappa shape index (κ2) is 4.34. The van der Waals surface area contributed by atoms with E-state index in [-0.39, 0.29) is 5.41 Å². The molecule has 1 N–H and O–H groups in total. The van der Waals surface area contributed by atoms with E-state index in [1.807, 2.05) is 0 Å². The normalized spacial score (nSPS) is 56.5. The van der Waals surface area contributed by atoms with Crippen LogP contribution in [0.5, 0.6) is 0 Å². The number of Topliss-reactive ketones (excluding diaryl/α,β-unsaturated/α-hetero) is 1. The number of aliphatic hydroxyl groups is 1. The third kappa shape index (κ3) is 1.72. The molecule has 0 amide bonds. The summed E-state index contributed by atoms with van der Waals surface area (Å²) in [6.07, 6.45) is 10.9. The molecule has 0 spiro atoms. The van der Waals surface area contributed by atoms with Crippen LogP contribution in [0.15, 0.2) is 0 Å². The quantitative estimate of drug-likeness (QED) is 0.729. The standard InChI is InChI=1S/C19H30O2/c1-17-8-3-9-19(17,21)16-5-4-13-12-14(20)6-11-18(13,2)15(16)7-10-17/h13,15-16,21H,3-12H2,1-2H3/t13-,15-,16+,17-,18-,19+/m0/s1. The first-order valence-electron chi connectivity index (χ1n) is 9.13. The molecule has 21 heavy (non-hydrogen) atoms. The van der Waals surface area contributed by atoms with Gasteiger partial charge in [0.25, 0.3) is 0 Å². The van der Waals surface area contributed by atoms with Crippen molar-refractivity contribution in [3.63, 3.8) is 0 Å². The highest BCUT2D eigenvalue weighted by Gasteiger charge is 2.64. The van der Waals surface area contributed by atoms with Crippen molar-refractivity contribution >= 4 is 5.78 Å². The van der Waals surface area contributed by atoms with E-state index in [4.69, 9.17) is 0 Å². The summed E-state index contributed by atoms with van der Waals surface area (Å²) in [5.41, 5.74) is 0.0731. The molecule has 0 radical (unpaired) electrons. The number of carbonyl (C=O) groups is 1. The van der Waals surface area contributed by atoms with E-state index in [2.05, 4.69) is 13.8 Å². The Labute approximate surface area is 128 Å². The van der Waals surface area contributed by atoms with Crippen LogP contribution in [0.25, 0.3) is 0 Å². The van der Waals surface area contributed by atoms with Gasteiger partial charge in [-0.3, -0.25) is 4.79 Å². The molecule has 0 saturated heterocycles. The van der Waals surface area contributed by atoms with Gasteiger partial charge in [0.1, 0.15) is 5.78 Å². The molecule has 4 aliphatic rings.